The van der Waals surface area contributed by atoms with E-state index in [1.54, 1.807) is 20.8 Å². The van der Waals surface area contributed by atoms with Crippen LogP contribution in [0.25, 0.3) is 0 Å². The molecule has 0 aliphatic rings. The van der Waals surface area contributed by atoms with Crippen molar-refractivity contribution in [3.63, 3.8) is 0 Å². The molecular formula is C17H20O4. The van der Waals surface area contributed by atoms with Gasteiger partial charge >= 0.3 is 11.9 Å². The molecular weight excluding hydrogens is 268 g/mol. The number of esters is 1. The number of benzene rings is 1. The molecule has 0 aliphatic carbocycles. The molecule has 1 aromatic rings. The van der Waals surface area contributed by atoms with Crippen molar-refractivity contribution < 1.29 is 19.4 Å². The molecule has 0 radical (unpaired) electrons. The lowest BCUT2D eigenvalue weighted by atomic mass is 9.74. The van der Waals surface area contributed by atoms with Gasteiger partial charge in [0.1, 0.15) is 0 Å². The standard InChI is InChI=1S/C17H20O4/c1-4-21-16(20)17(13(2)3,15(18)19)12-8-11-14-9-6-5-7-10-14/h5-7,9-10,13H,4,12H2,1-3H3,(H,18,19). The number of hydrogen-bond donors (Lipinski definition) is 1. The molecule has 0 aliphatic heterocycles. The first kappa shape index (κ1) is 16.8. The van der Waals surface area contributed by atoms with Gasteiger partial charge in [0.2, 0.25) is 0 Å². The number of ether oxygens (including phenoxy) is 1. The van der Waals surface area contributed by atoms with Gasteiger partial charge in [-0.05, 0) is 25.0 Å². The van der Waals surface area contributed by atoms with E-state index >= 15 is 0 Å². The van der Waals surface area contributed by atoms with Gasteiger partial charge in [0.25, 0.3) is 0 Å². The minimum absolute atomic E-state index is 0.0757. The molecule has 1 rings (SSSR count). The van der Waals surface area contributed by atoms with E-state index in [0.29, 0.717) is 0 Å². The van der Waals surface area contributed by atoms with E-state index in [1.807, 2.05) is 30.3 Å². The normalized spacial score (nSPS) is 13.0. The molecule has 0 heterocycles. The molecule has 4 nitrogen and oxygen atoms in total. The molecule has 0 saturated carbocycles. The molecule has 0 amide bonds. The molecule has 4 heteroatoms. The summed E-state index contributed by atoms with van der Waals surface area (Å²) in [5.41, 5.74) is -0.845. The largest absolute Gasteiger partial charge is 0.480 e. The summed E-state index contributed by atoms with van der Waals surface area (Å²) in [5.74, 6) is 3.36. The van der Waals surface area contributed by atoms with Crippen LogP contribution in [0.4, 0.5) is 0 Å². The highest BCUT2D eigenvalue weighted by molar-refractivity contribution is 5.99. The zero-order chi connectivity index (χ0) is 15.9. The van der Waals surface area contributed by atoms with E-state index < -0.39 is 23.3 Å². The van der Waals surface area contributed by atoms with E-state index in [2.05, 4.69) is 11.8 Å². The SMILES string of the molecule is CCOC(=O)C(CC#Cc1ccccc1)(C(=O)O)C(C)C. The molecule has 0 fully saturated rings. The van der Waals surface area contributed by atoms with E-state index in [0.717, 1.165) is 5.56 Å². The van der Waals surface area contributed by atoms with Crippen LogP contribution in [-0.4, -0.2) is 23.7 Å². The Labute approximate surface area is 125 Å². The number of carboxylic acid groups (broad SMARTS) is 1. The first-order chi connectivity index (χ1) is 9.95. The fourth-order valence-electron chi connectivity index (χ4n) is 1.99. The summed E-state index contributed by atoms with van der Waals surface area (Å²) in [6, 6.07) is 9.23. The number of carboxylic acids is 1. The Kier molecular flexibility index (Phi) is 5.98. The summed E-state index contributed by atoms with van der Waals surface area (Å²) in [6.45, 7) is 5.18. The summed E-state index contributed by atoms with van der Waals surface area (Å²) in [7, 11) is 0. The predicted octanol–water partition coefficient (Wildman–Crippen LogP) is 2.72. The summed E-state index contributed by atoms with van der Waals surface area (Å²) < 4.78 is 4.95. The van der Waals surface area contributed by atoms with Crippen molar-refractivity contribution in [2.75, 3.05) is 6.61 Å². The van der Waals surface area contributed by atoms with Gasteiger partial charge in [-0.15, -0.1) is 0 Å². The number of carbonyl (C=O) groups excluding carboxylic acids is 1. The maximum absolute atomic E-state index is 12.1. The van der Waals surface area contributed by atoms with Gasteiger partial charge in [-0.2, -0.15) is 0 Å². The lowest BCUT2D eigenvalue weighted by Crippen LogP contribution is -2.44. The Hall–Kier alpha value is -2.28. The quantitative estimate of drug-likeness (QED) is 0.514. The molecule has 0 spiro atoms. The lowest BCUT2D eigenvalue weighted by Gasteiger charge is -2.28. The molecule has 1 unspecified atom stereocenters. The highest BCUT2D eigenvalue weighted by Crippen LogP contribution is 2.33. The van der Waals surface area contributed by atoms with Crippen LogP contribution in [0.5, 0.6) is 0 Å². The van der Waals surface area contributed by atoms with Crippen molar-refractivity contribution in [1.29, 1.82) is 0 Å². The van der Waals surface area contributed by atoms with Gasteiger partial charge in [-0.1, -0.05) is 43.9 Å². The minimum Gasteiger partial charge on any atom is -0.480 e. The first-order valence-corrected chi connectivity index (χ1v) is 6.89. The van der Waals surface area contributed by atoms with E-state index in [4.69, 9.17) is 4.74 Å². The third-order valence-corrected chi connectivity index (χ3v) is 3.38. The molecule has 0 saturated heterocycles. The Morgan fingerprint density at radius 1 is 1.29 bits per heavy atom. The average Bonchev–Trinajstić information content (AvgIpc) is 2.44. The van der Waals surface area contributed by atoms with Crippen molar-refractivity contribution >= 4 is 11.9 Å². The topological polar surface area (TPSA) is 63.6 Å². The molecule has 1 aromatic carbocycles. The van der Waals surface area contributed by atoms with Crippen LogP contribution in [0, 0.1) is 23.2 Å². The maximum atomic E-state index is 12.1. The summed E-state index contributed by atoms with van der Waals surface area (Å²) in [5, 5.41) is 9.52. The predicted molar refractivity (Wildman–Crippen MR) is 79.5 cm³/mol. The second-order valence-electron chi connectivity index (χ2n) is 5.00. The van der Waals surface area contributed by atoms with Crippen LogP contribution in [0.1, 0.15) is 32.8 Å². The number of carbonyl (C=O) groups is 2. The molecule has 1 N–H and O–H groups in total. The van der Waals surface area contributed by atoms with Crippen molar-refractivity contribution in [2.24, 2.45) is 11.3 Å². The van der Waals surface area contributed by atoms with Gasteiger partial charge in [0, 0.05) is 12.0 Å². The summed E-state index contributed by atoms with van der Waals surface area (Å²) in [4.78, 5) is 23.8. The molecule has 0 aromatic heterocycles. The van der Waals surface area contributed by atoms with Crippen molar-refractivity contribution in [3.05, 3.63) is 35.9 Å². The third kappa shape index (κ3) is 3.85. The molecule has 112 valence electrons. The Morgan fingerprint density at radius 3 is 2.38 bits per heavy atom. The van der Waals surface area contributed by atoms with Gasteiger partial charge < -0.3 is 9.84 Å². The first-order valence-electron chi connectivity index (χ1n) is 6.89. The van der Waals surface area contributed by atoms with Crippen LogP contribution < -0.4 is 0 Å². The fraction of sp³-hybridized carbons (Fsp3) is 0.412. The Balaban J connectivity index is 3.06. The molecule has 1 atom stereocenters. The monoisotopic (exact) mass is 288 g/mol. The van der Waals surface area contributed by atoms with Crippen molar-refractivity contribution in [3.8, 4) is 11.8 Å². The minimum atomic E-state index is -1.63. The number of hydrogen-bond acceptors (Lipinski definition) is 3. The van der Waals surface area contributed by atoms with E-state index in [-0.39, 0.29) is 13.0 Å². The van der Waals surface area contributed by atoms with Crippen molar-refractivity contribution in [1.82, 2.24) is 0 Å². The highest BCUT2D eigenvalue weighted by Gasteiger charge is 2.50. The van der Waals surface area contributed by atoms with Gasteiger partial charge in [-0.25, -0.2) is 0 Å². The number of aliphatic carboxylic acids is 1. The summed E-state index contributed by atoms with van der Waals surface area (Å²) >= 11 is 0. The average molecular weight is 288 g/mol. The Bertz CT molecular complexity index is 551. The zero-order valence-corrected chi connectivity index (χ0v) is 12.6. The van der Waals surface area contributed by atoms with Crippen molar-refractivity contribution in [2.45, 2.75) is 27.2 Å². The van der Waals surface area contributed by atoms with Gasteiger partial charge in [0.05, 0.1) is 6.61 Å². The van der Waals surface area contributed by atoms with E-state index in [9.17, 15) is 14.7 Å². The van der Waals surface area contributed by atoms with Crippen LogP contribution in [0.15, 0.2) is 30.3 Å². The Morgan fingerprint density at radius 2 is 1.90 bits per heavy atom. The van der Waals surface area contributed by atoms with E-state index in [1.165, 1.54) is 0 Å². The van der Waals surface area contributed by atoms with Crippen LogP contribution in [0.3, 0.4) is 0 Å². The smallest absolute Gasteiger partial charge is 0.324 e. The second kappa shape index (κ2) is 7.49. The summed E-state index contributed by atoms with van der Waals surface area (Å²) in [6.07, 6.45) is -0.0757. The third-order valence-electron chi connectivity index (χ3n) is 3.38. The van der Waals surface area contributed by atoms with Crippen LogP contribution in [-0.2, 0) is 14.3 Å². The highest BCUT2D eigenvalue weighted by atomic mass is 16.5. The molecule has 21 heavy (non-hydrogen) atoms. The van der Waals surface area contributed by atoms with Crippen LogP contribution in [0.2, 0.25) is 0 Å². The second-order valence-corrected chi connectivity index (χ2v) is 5.00. The van der Waals surface area contributed by atoms with Crippen LogP contribution >= 0.6 is 0 Å². The fourth-order valence-corrected chi connectivity index (χ4v) is 1.99. The lowest BCUT2D eigenvalue weighted by molar-refractivity contribution is -0.171. The van der Waals surface area contributed by atoms with Gasteiger partial charge in [0.15, 0.2) is 5.41 Å². The van der Waals surface area contributed by atoms with Gasteiger partial charge in [-0.3, -0.25) is 9.59 Å². The zero-order valence-electron chi connectivity index (χ0n) is 12.6. The maximum Gasteiger partial charge on any atom is 0.324 e. The molecule has 0 bridgehead atoms. The number of rotatable bonds is 5.